The zero-order chi connectivity index (χ0) is 37.0. The van der Waals surface area contributed by atoms with Crippen molar-refractivity contribution in [3.05, 3.63) is 0 Å². The molecule has 0 fully saturated rings. The summed E-state index contributed by atoms with van der Waals surface area (Å²) in [6.45, 7) is 2.40. The Kier molecular flexibility index (Phi) is 35.6. The standard InChI is InChI=1S/C39H77O10P/c1-3-5-7-9-11-13-15-17-19-20-22-24-26-28-30-38(42)46-34-37(35-48-50(44,45)47-33-36(41)32-40)49-39(43)31-29-27-25-23-21-18-16-14-12-10-8-6-4-2/h36-37,40-41H,3-35H2,1-2H3,(H,44,45)/t36-,37+/m0/s1. The molecule has 11 heteroatoms. The number of aliphatic hydroxyl groups is 2. The van der Waals surface area contributed by atoms with E-state index < -0.39 is 51.8 Å². The summed E-state index contributed by atoms with van der Waals surface area (Å²) >= 11 is 0. The Labute approximate surface area is 305 Å². The van der Waals surface area contributed by atoms with Gasteiger partial charge in [0.15, 0.2) is 6.10 Å². The highest BCUT2D eigenvalue weighted by atomic mass is 31.2. The quantitative estimate of drug-likeness (QED) is 0.0316. The van der Waals surface area contributed by atoms with E-state index in [1.807, 2.05) is 0 Å². The third-order valence-corrected chi connectivity index (χ3v) is 9.96. The van der Waals surface area contributed by atoms with Gasteiger partial charge in [0.25, 0.3) is 0 Å². The minimum atomic E-state index is -4.60. The van der Waals surface area contributed by atoms with E-state index in [2.05, 4.69) is 18.4 Å². The van der Waals surface area contributed by atoms with Crippen LogP contribution in [0.25, 0.3) is 0 Å². The third-order valence-electron chi connectivity index (χ3n) is 9.01. The number of ether oxygens (including phenoxy) is 2. The molecule has 0 aliphatic carbocycles. The van der Waals surface area contributed by atoms with Gasteiger partial charge in [-0.15, -0.1) is 0 Å². The van der Waals surface area contributed by atoms with Crippen molar-refractivity contribution in [1.82, 2.24) is 0 Å². The minimum Gasteiger partial charge on any atom is -0.462 e. The van der Waals surface area contributed by atoms with Crippen LogP contribution in [0.15, 0.2) is 0 Å². The number of hydrogen-bond acceptors (Lipinski definition) is 9. The van der Waals surface area contributed by atoms with Crippen LogP contribution in [0.1, 0.15) is 200 Å². The molecular weight excluding hydrogens is 659 g/mol. The normalized spacial score (nSPS) is 13.9. The number of aliphatic hydroxyl groups excluding tert-OH is 2. The van der Waals surface area contributed by atoms with Crippen molar-refractivity contribution in [3.63, 3.8) is 0 Å². The Morgan fingerprint density at radius 3 is 1.24 bits per heavy atom. The van der Waals surface area contributed by atoms with Gasteiger partial charge in [-0.2, -0.15) is 0 Å². The highest BCUT2D eigenvalue weighted by Gasteiger charge is 2.27. The molecule has 0 aliphatic rings. The van der Waals surface area contributed by atoms with E-state index in [1.165, 1.54) is 128 Å². The second kappa shape index (κ2) is 36.3. The fourth-order valence-electron chi connectivity index (χ4n) is 5.82. The van der Waals surface area contributed by atoms with Crippen molar-refractivity contribution >= 4 is 19.8 Å². The maximum absolute atomic E-state index is 12.6. The first kappa shape index (κ1) is 49.0. The van der Waals surface area contributed by atoms with E-state index in [-0.39, 0.29) is 19.4 Å². The number of phosphoric acid groups is 1. The zero-order valence-electron chi connectivity index (χ0n) is 32.1. The molecule has 0 saturated heterocycles. The second-order valence-electron chi connectivity index (χ2n) is 14.0. The van der Waals surface area contributed by atoms with E-state index in [0.29, 0.717) is 12.8 Å². The van der Waals surface area contributed by atoms with Gasteiger partial charge in [0.2, 0.25) is 0 Å². The molecule has 0 aromatic rings. The predicted molar refractivity (Wildman–Crippen MR) is 201 cm³/mol. The van der Waals surface area contributed by atoms with Gasteiger partial charge >= 0.3 is 19.8 Å². The van der Waals surface area contributed by atoms with Crippen molar-refractivity contribution in [2.75, 3.05) is 26.4 Å². The average molecular weight is 737 g/mol. The second-order valence-corrected chi connectivity index (χ2v) is 15.5. The average Bonchev–Trinajstić information content (AvgIpc) is 3.10. The summed E-state index contributed by atoms with van der Waals surface area (Å²) in [4.78, 5) is 34.9. The lowest BCUT2D eigenvalue weighted by molar-refractivity contribution is -0.161. The summed E-state index contributed by atoms with van der Waals surface area (Å²) in [6.07, 6.45) is 30.6. The number of phosphoric ester groups is 1. The lowest BCUT2D eigenvalue weighted by Crippen LogP contribution is -2.29. The van der Waals surface area contributed by atoms with Crippen LogP contribution in [0.3, 0.4) is 0 Å². The molecule has 1 unspecified atom stereocenters. The topological polar surface area (TPSA) is 149 Å². The van der Waals surface area contributed by atoms with E-state index in [0.717, 1.165) is 32.1 Å². The monoisotopic (exact) mass is 737 g/mol. The van der Waals surface area contributed by atoms with Gasteiger partial charge in [-0.1, -0.05) is 174 Å². The predicted octanol–water partition coefficient (Wildman–Crippen LogP) is 10.3. The number of rotatable bonds is 39. The van der Waals surface area contributed by atoms with E-state index in [4.69, 9.17) is 19.1 Å². The summed E-state index contributed by atoms with van der Waals surface area (Å²) in [6, 6.07) is 0. The van der Waals surface area contributed by atoms with Crippen LogP contribution in [0, 0.1) is 0 Å². The van der Waals surface area contributed by atoms with E-state index >= 15 is 0 Å². The summed E-state index contributed by atoms with van der Waals surface area (Å²) in [5.41, 5.74) is 0. The van der Waals surface area contributed by atoms with Gasteiger partial charge in [-0.05, 0) is 12.8 Å². The molecule has 0 aromatic heterocycles. The van der Waals surface area contributed by atoms with Gasteiger partial charge < -0.3 is 24.6 Å². The molecule has 50 heavy (non-hydrogen) atoms. The molecule has 0 bridgehead atoms. The lowest BCUT2D eigenvalue weighted by Gasteiger charge is -2.20. The molecule has 0 heterocycles. The van der Waals surface area contributed by atoms with Crippen LogP contribution in [-0.4, -0.2) is 65.7 Å². The molecular formula is C39H77O10P. The SMILES string of the molecule is CCCCCCCCCCCCCCCCC(=O)OC[C@H](COP(=O)(O)OC[C@@H](O)CO)OC(=O)CCCCCCCCCCCCCCC. The van der Waals surface area contributed by atoms with E-state index in [9.17, 15) is 24.2 Å². The van der Waals surface area contributed by atoms with Crippen molar-refractivity contribution in [3.8, 4) is 0 Å². The van der Waals surface area contributed by atoms with Gasteiger partial charge in [0.1, 0.15) is 12.7 Å². The molecule has 3 N–H and O–H groups in total. The van der Waals surface area contributed by atoms with Crippen molar-refractivity contribution in [1.29, 1.82) is 0 Å². The number of hydrogen-bond donors (Lipinski definition) is 3. The van der Waals surface area contributed by atoms with Crippen molar-refractivity contribution in [2.45, 2.75) is 212 Å². The number of carbonyl (C=O) groups is 2. The third kappa shape index (κ3) is 35.4. The Morgan fingerprint density at radius 2 is 0.860 bits per heavy atom. The van der Waals surface area contributed by atoms with Gasteiger partial charge in [-0.3, -0.25) is 18.6 Å². The maximum Gasteiger partial charge on any atom is 0.472 e. The molecule has 3 atom stereocenters. The Balaban J connectivity index is 4.29. The molecule has 0 spiro atoms. The lowest BCUT2D eigenvalue weighted by atomic mass is 10.0. The molecule has 0 amide bonds. The summed E-state index contributed by atoms with van der Waals surface area (Å²) in [7, 11) is -4.60. The van der Waals surface area contributed by atoms with Gasteiger partial charge in [0.05, 0.1) is 19.8 Å². The summed E-state index contributed by atoms with van der Waals surface area (Å²) in [5.74, 6) is -0.912. The Hall–Kier alpha value is -1.03. The van der Waals surface area contributed by atoms with Gasteiger partial charge in [0, 0.05) is 12.8 Å². The largest absolute Gasteiger partial charge is 0.472 e. The molecule has 0 aliphatic heterocycles. The van der Waals surface area contributed by atoms with Gasteiger partial charge in [-0.25, -0.2) is 4.57 Å². The summed E-state index contributed by atoms with van der Waals surface area (Å²) in [5, 5.41) is 18.3. The fourth-order valence-corrected chi connectivity index (χ4v) is 6.61. The first-order valence-corrected chi connectivity index (χ1v) is 22.0. The van der Waals surface area contributed by atoms with Crippen molar-refractivity contribution in [2.24, 2.45) is 0 Å². The Morgan fingerprint density at radius 1 is 0.520 bits per heavy atom. The molecule has 0 aromatic carbocycles. The Bertz CT molecular complexity index is 812. The summed E-state index contributed by atoms with van der Waals surface area (Å²) < 4.78 is 32.6. The van der Waals surface area contributed by atoms with Crippen LogP contribution < -0.4 is 0 Å². The minimum absolute atomic E-state index is 0.192. The number of unbranched alkanes of at least 4 members (excludes halogenated alkanes) is 25. The number of esters is 2. The molecule has 0 radical (unpaired) electrons. The van der Waals surface area contributed by atoms with Crippen LogP contribution in [0.5, 0.6) is 0 Å². The highest BCUT2D eigenvalue weighted by Crippen LogP contribution is 2.43. The van der Waals surface area contributed by atoms with Crippen LogP contribution in [0.2, 0.25) is 0 Å². The molecule has 298 valence electrons. The molecule has 0 saturated carbocycles. The van der Waals surface area contributed by atoms with Crippen LogP contribution in [-0.2, 0) is 32.7 Å². The smallest absolute Gasteiger partial charge is 0.462 e. The maximum atomic E-state index is 12.6. The fraction of sp³-hybridized carbons (Fsp3) is 0.949. The first-order valence-electron chi connectivity index (χ1n) is 20.5. The first-order chi connectivity index (χ1) is 24.2. The zero-order valence-corrected chi connectivity index (χ0v) is 33.0. The van der Waals surface area contributed by atoms with Crippen LogP contribution >= 0.6 is 7.82 Å². The van der Waals surface area contributed by atoms with E-state index in [1.54, 1.807) is 0 Å². The molecule has 0 rings (SSSR count). The highest BCUT2D eigenvalue weighted by molar-refractivity contribution is 7.47. The number of carbonyl (C=O) groups excluding carboxylic acids is 2. The van der Waals surface area contributed by atoms with Crippen LogP contribution in [0.4, 0.5) is 0 Å². The molecule has 10 nitrogen and oxygen atoms in total. The van der Waals surface area contributed by atoms with Crippen molar-refractivity contribution < 1.29 is 47.8 Å².